The fraction of sp³-hybridized carbons (Fsp3) is 0.667. The van der Waals surface area contributed by atoms with Gasteiger partial charge in [0.2, 0.25) is 0 Å². The van der Waals surface area contributed by atoms with E-state index >= 15 is 0 Å². The highest BCUT2D eigenvalue weighted by atomic mass is 32.2. The van der Waals surface area contributed by atoms with Crippen molar-refractivity contribution in [1.29, 1.82) is 0 Å². The number of hydrogen-bond donors (Lipinski definition) is 1. The second-order valence-electron chi connectivity index (χ2n) is 4.11. The van der Waals surface area contributed by atoms with Gasteiger partial charge < -0.3 is 5.32 Å². The Hall–Kier alpha value is -0.870. The lowest BCUT2D eigenvalue weighted by atomic mass is 10.1. The topological polar surface area (TPSA) is 62.3 Å². The van der Waals surface area contributed by atoms with Gasteiger partial charge in [0.15, 0.2) is 5.13 Å². The Morgan fingerprint density at radius 2 is 2.00 bits per heavy atom. The molecular formula is C9H12F3N3O2S2. The molecule has 0 bridgehead atoms. The molecule has 108 valence electrons. The zero-order chi connectivity index (χ0) is 14.1. The Labute approximate surface area is 112 Å². The van der Waals surface area contributed by atoms with E-state index in [1.165, 1.54) is 11.3 Å². The summed E-state index contributed by atoms with van der Waals surface area (Å²) in [5.41, 5.74) is -5.22. The van der Waals surface area contributed by atoms with E-state index in [4.69, 9.17) is 0 Å². The molecule has 0 aliphatic carbocycles. The van der Waals surface area contributed by atoms with Crippen LogP contribution >= 0.6 is 11.3 Å². The summed E-state index contributed by atoms with van der Waals surface area (Å²) in [6, 6.07) is -0.0502. The van der Waals surface area contributed by atoms with E-state index in [0.29, 0.717) is 22.3 Å². The lowest BCUT2D eigenvalue weighted by Crippen LogP contribution is -2.47. The first-order valence-corrected chi connectivity index (χ1v) is 7.85. The van der Waals surface area contributed by atoms with Crippen molar-refractivity contribution in [1.82, 2.24) is 9.29 Å². The predicted molar refractivity (Wildman–Crippen MR) is 65.3 cm³/mol. The number of piperidine rings is 1. The Balaban J connectivity index is 1.93. The Morgan fingerprint density at radius 1 is 1.37 bits per heavy atom. The van der Waals surface area contributed by atoms with Crippen LogP contribution in [0.15, 0.2) is 11.6 Å². The first-order valence-electron chi connectivity index (χ1n) is 5.53. The third kappa shape index (κ3) is 3.18. The highest BCUT2D eigenvalue weighted by molar-refractivity contribution is 7.90. The van der Waals surface area contributed by atoms with E-state index in [1.54, 1.807) is 11.6 Å². The van der Waals surface area contributed by atoms with Crippen LogP contribution in [0.4, 0.5) is 18.3 Å². The first-order chi connectivity index (χ1) is 8.80. The standard InChI is InChI=1S/C9H12F3N3O2S2/c10-9(11,12)19(16,17)15-4-1-7(2-5-15)14-8-13-3-6-18-8/h3,6-7H,1-2,4-5H2,(H,13,14). The lowest BCUT2D eigenvalue weighted by Gasteiger charge is -2.31. The molecule has 1 aromatic heterocycles. The minimum absolute atomic E-state index is 0.0502. The quantitative estimate of drug-likeness (QED) is 0.925. The van der Waals surface area contributed by atoms with Crippen molar-refractivity contribution in [3.05, 3.63) is 11.6 Å². The normalized spacial score (nSPS) is 19.5. The summed E-state index contributed by atoms with van der Waals surface area (Å²) in [4.78, 5) is 4.01. The molecule has 1 N–H and O–H groups in total. The van der Waals surface area contributed by atoms with Gasteiger partial charge in [-0.1, -0.05) is 0 Å². The fourth-order valence-corrected chi connectivity index (χ4v) is 3.45. The van der Waals surface area contributed by atoms with Gasteiger partial charge in [-0.25, -0.2) is 13.4 Å². The van der Waals surface area contributed by atoms with Crippen molar-refractivity contribution in [2.45, 2.75) is 24.4 Å². The Morgan fingerprint density at radius 3 is 2.47 bits per heavy atom. The van der Waals surface area contributed by atoms with Crippen LogP contribution in [-0.4, -0.2) is 42.3 Å². The zero-order valence-electron chi connectivity index (χ0n) is 9.72. The van der Waals surface area contributed by atoms with Crippen LogP contribution in [0.25, 0.3) is 0 Å². The van der Waals surface area contributed by atoms with Gasteiger partial charge in [-0.2, -0.15) is 17.5 Å². The number of hydrogen-bond acceptors (Lipinski definition) is 5. The maximum atomic E-state index is 12.4. The molecule has 0 aromatic carbocycles. The molecule has 1 fully saturated rings. The van der Waals surface area contributed by atoms with Gasteiger partial charge in [-0.15, -0.1) is 11.3 Å². The van der Waals surface area contributed by atoms with E-state index in [2.05, 4.69) is 10.3 Å². The van der Waals surface area contributed by atoms with Crippen LogP contribution in [-0.2, 0) is 10.0 Å². The molecule has 2 rings (SSSR count). The van der Waals surface area contributed by atoms with E-state index in [0.717, 1.165) is 0 Å². The summed E-state index contributed by atoms with van der Waals surface area (Å²) in [6.07, 6.45) is 2.28. The Kier molecular flexibility index (Phi) is 4.02. The van der Waals surface area contributed by atoms with Gasteiger partial charge >= 0.3 is 15.5 Å². The number of halogens is 3. The molecule has 10 heteroatoms. The average molecular weight is 315 g/mol. The number of nitrogens with zero attached hydrogens (tertiary/aromatic N) is 2. The van der Waals surface area contributed by atoms with E-state index < -0.39 is 15.5 Å². The molecule has 1 aromatic rings. The number of rotatable bonds is 3. The molecule has 1 aliphatic rings. The van der Waals surface area contributed by atoms with Gasteiger partial charge in [-0.05, 0) is 12.8 Å². The van der Waals surface area contributed by atoms with Gasteiger partial charge in [0.25, 0.3) is 0 Å². The molecule has 1 saturated heterocycles. The van der Waals surface area contributed by atoms with Crippen LogP contribution in [0, 0.1) is 0 Å². The minimum atomic E-state index is -5.22. The molecule has 0 saturated carbocycles. The second kappa shape index (κ2) is 5.25. The SMILES string of the molecule is O=S(=O)(N1CCC(Nc2nccs2)CC1)C(F)(F)F. The molecule has 5 nitrogen and oxygen atoms in total. The molecule has 0 amide bonds. The number of aromatic nitrogens is 1. The van der Waals surface area contributed by atoms with Crippen LogP contribution in [0.3, 0.4) is 0 Å². The molecule has 0 radical (unpaired) electrons. The lowest BCUT2D eigenvalue weighted by molar-refractivity contribution is -0.0494. The molecular weight excluding hydrogens is 303 g/mol. The Bertz CT molecular complexity index is 507. The zero-order valence-corrected chi connectivity index (χ0v) is 11.4. The number of sulfonamides is 1. The van der Waals surface area contributed by atoms with Crippen molar-refractivity contribution in [2.75, 3.05) is 18.4 Å². The second-order valence-corrected chi connectivity index (χ2v) is 6.93. The summed E-state index contributed by atoms with van der Waals surface area (Å²) in [5.74, 6) is 0. The van der Waals surface area contributed by atoms with Crippen LogP contribution in [0.5, 0.6) is 0 Å². The van der Waals surface area contributed by atoms with Gasteiger partial charge in [0, 0.05) is 30.7 Å². The highest BCUT2D eigenvalue weighted by Crippen LogP contribution is 2.29. The molecule has 19 heavy (non-hydrogen) atoms. The molecule has 0 spiro atoms. The van der Waals surface area contributed by atoms with Gasteiger partial charge in [0.1, 0.15) is 0 Å². The van der Waals surface area contributed by atoms with E-state index in [-0.39, 0.29) is 19.1 Å². The fourth-order valence-electron chi connectivity index (χ4n) is 1.86. The highest BCUT2D eigenvalue weighted by Gasteiger charge is 2.50. The van der Waals surface area contributed by atoms with Gasteiger partial charge in [0.05, 0.1) is 0 Å². The molecule has 0 atom stereocenters. The summed E-state index contributed by atoms with van der Waals surface area (Å²) in [5, 5.41) is 5.55. The van der Waals surface area contributed by atoms with Crippen molar-refractivity contribution in [3.63, 3.8) is 0 Å². The number of alkyl halides is 3. The number of nitrogens with one attached hydrogen (secondary N) is 1. The summed E-state index contributed by atoms with van der Waals surface area (Å²) in [7, 11) is -5.19. The van der Waals surface area contributed by atoms with Crippen molar-refractivity contribution in [3.8, 4) is 0 Å². The predicted octanol–water partition coefficient (Wildman–Crippen LogP) is 1.87. The maximum Gasteiger partial charge on any atom is 0.511 e. The summed E-state index contributed by atoms with van der Waals surface area (Å²) >= 11 is 1.39. The maximum absolute atomic E-state index is 12.4. The third-order valence-electron chi connectivity index (χ3n) is 2.85. The molecule has 2 heterocycles. The van der Waals surface area contributed by atoms with Crippen molar-refractivity contribution >= 4 is 26.5 Å². The van der Waals surface area contributed by atoms with E-state index in [9.17, 15) is 21.6 Å². The minimum Gasteiger partial charge on any atom is -0.359 e. The van der Waals surface area contributed by atoms with Gasteiger partial charge in [-0.3, -0.25) is 0 Å². The molecule has 1 aliphatic heterocycles. The monoisotopic (exact) mass is 315 g/mol. The van der Waals surface area contributed by atoms with Crippen molar-refractivity contribution < 1.29 is 21.6 Å². The molecule has 0 unspecified atom stereocenters. The van der Waals surface area contributed by atoms with Crippen LogP contribution in [0.2, 0.25) is 0 Å². The third-order valence-corrected chi connectivity index (χ3v) is 5.18. The average Bonchev–Trinajstić information content (AvgIpc) is 2.81. The number of anilines is 1. The first kappa shape index (κ1) is 14.5. The summed E-state index contributed by atoms with van der Waals surface area (Å²) in [6.45, 7) is -0.268. The largest absolute Gasteiger partial charge is 0.511 e. The van der Waals surface area contributed by atoms with Crippen LogP contribution < -0.4 is 5.32 Å². The van der Waals surface area contributed by atoms with E-state index in [1.807, 2.05) is 0 Å². The smallest absolute Gasteiger partial charge is 0.359 e. The summed E-state index contributed by atoms with van der Waals surface area (Å²) < 4.78 is 60.0. The van der Waals surface area contributed by atoms with Crippen LogP contribution in [0.1, 0.15) is 12.8 Å². The number of thiazole rings is 1. The van der Waals surface area contributed by atoms with Crippen molar-refractivity contribution in [2.24, 2.45) is 0 Å².